The lowest BCUT2D eigenvalue weighted by atomic mass is 10.3. The number of aromatic nitrogens is 2. The Labute approximate surface area is 130 Å². The van der Waals surface area contributed by atoms with E-state index in [0.717, 1.165) is 0 Å². The molecular weight excluding hydrogens is 324 g/mol. The van der Waals surface area contributed by atoms with Gasteiger partial charge in [0, 0.05) is 24.0 Å². The minimum Gasteiger partial charge on any atom is -0.326 e. The Kier molecular flexibility index (Phi) is 4.36. The van der Waals surface area contributed by atoms with Crippen LogP contribution in [0.3, 0.4) is 0 Å². The molecule has 2 aromatic rings. The molecule has 4 N–H and O–H groups in total. The summed E-state index contributed by atoms with van der Waals surface area (Å²) in [6.45, 7) is 2.66. The van der Waals surface area contributed by atoms with Gasteiger partial charge in [0.15, 0.2) is 4.90 Å². The van der Waals surface area contributed by atoms with Crippen molar-refractivity contribution in [3.05, 3.63) is 50.8 Å². The average Bonchev–Trinajstić information content (AvgIpc) is 2.38. The van der Waals surface area contributed by atoms with E-state index in [0.29, 0.717) is 5.69 Å². The molecule has 0 unspecified atom stereocenters. The fourth-order valence-corrected chi connectivity index (χ4v) is 3.24. The number of amides is 1. The molecule has 10 heteroatoms. The number of anilines is 2. The van der Waals surface area contributed by atoms with Gasteiger partial charge in [-0.05, 0) is 31.2 Å². The number of H-pyrrole nitrogens is 2. The predicted octanol–water partition coefficient (Wildman–Crippen LogP) is 0.131. The van der Waals surface area contributed by atoms with Crippen molar-refractivity contribution in [1.82, 2.24) is 9.97 Å². The molecule has 0 bridgehead atoms. The summed E-state index contributed by atoms with van der Waals surface area (Å²) >= 11 is 0. The second kappa shape index (κ2) is 6.08. The molecule has 0 atom stereocenters. The van der Waals surface area contributed by atoms with Gasteiger partial charge in [-0.3, -0.25) is 19.3 Å². The number of aryl methyl sites for hydroxylation is 1. The van der Waals surface area contributed by atoms with Gasteiger partial charge in [-0.15, -0.1) is 0 Å². The number of carbonyl (C=O) groups excluding carboxylic acids is 1. The van der Waals surface area contributed by atoms with Crippen LogP contribution in [-0.4, -0.2) is 24.3 Å². The first-order valence-electron chi connectivity index (χ1n) is 6.43. The number of nitrogens with one attached hydrogen (secondary N) is 4. The second-order valence-corrected chi connectivity index (χ2v) is 6.35. The summed E-state index contributed by atoms with van der Waals surface area (Å²) in [4.78, 5) is 37.3. The van der Waals surface area contributed by atoms with Crippen LogP contribution in [0.4, 0.5) is 11.4 Å². The van der Waals surface area contributed by atoms with Crippen LogP contribution in [0.2, 0.25) is 0 Å². The van der Waals surface area contributed by atoms with Crippen molar-refractivity contribution in [2.75, 3.05) is 10.0 Å². The topological polar surface area (TPSA) is 141 Å². The first kappa shape index (κ1) is 16.5. The maximum absolute atomic E-state index is 12.3. The maximum atomic E-state index is 12.3. The van der Waals surface area contributed by atoms with Gasteiger partial charge in [0.25, 0.3) is 15.6 Å². The average molecular weight is 338 g/mol. The molecule has 122 valence electrons. The van der Waals surface area contributed by atoms with Gasteiger partial charge in [0.1, 0.15) is 0 Å². The highest BCUT2D eigenvalue weighted by molar-refractivity contribution is 7.92. The monoisotopic (exact) mass is 338 g/mol. The number of aromatic amines is 2. The van der Waals surface area contributed by atoms with E-state index in [4.69, 9.17) is 0 Å². The number of carbonyl (C=O) groups is 1. The zero-order valence-electron chi connectivity index (χ0n) is 12.3. The van der Waals surface area contributed by atoms with Crippen molar-refractivity contribution in [1.29, 1.82) is 0 Å². The molecule has 0 saturated heterocycles. The Morgan fingerprint density at radius 2 is 1.61 bits per heavy atom. The standard InChI is InChI=1S/C13H14N4O5S/c1-7-11(12(19)16-13(20)14-7)23(21,22)17-10-5-3-9(4-6-10)15-8(2)18/h3-6,17H,1-2H3,(H,15,18)(H2,14,16,19,20). The molecule has 0 aliphatic heterocycles. The number of hydrogen-bond donors (Lipinski definition) is 4. The molecule has 0 spiro atoms. The molecular formula is C13H14N4O5S. The highest BCUT2D eigenvalue weighted by Gasteiger charge is 2.22. The highest BCUT2D eigenvalue weighted by Crippen LogP contribution is 2.17. The number of hydrogen-bond acceptors (Lipinski definition) is 5. The Bertz CT molecular complexity index is 957. The van der Waals surface area contributed by atoms with Gasteiger partial charge in [0.2, 0.25) is 5.91 Å². The third-order valence-electron chi connectivity index (χ3n) is 2.80. The van der Waals surface area contributed by atoms with E-state index in [-0.39, 0.29) is 17.3 Å². The number of rotatable bonds is 4. The van der Waals surface area contributed by atoms with E-state index in [9.17, 15) is 22.8 Å². The Balaban J connectivity index is 2.34. The van der Waals surface area contributed by atoms with Crippen LogP contribution in [0.5, 0.6) is 0 Å². The lowest BCUT2D eigenvalue weighted by molar-refractivity contribution is -0.114. The van der Waals surface area contributed by atoms with E-state index in [1.807, 2.05) is 4.98 Å². The SMILES string of the molecule is CC(=O)Nc1ccc(NS(=O)(=O)c2c(C)[nH]c(=O)[nH]c2=O)cc1. The largest absolute Gasteiger partial charge is 0.326 e. The molecule has 1 aromatic carbocycles. The summed E-state index contributed by atoms with van der Waals surface area (Å²) in [6, 6.07) is 5.86. The van der Waals surface area contributed by atoms with E-state index in [1.54, 1.807) is 0 Å². The van der Waals surface area contributed by atoms with Crippen LogP contribution >= 0.6 is 0 Å². The molecule has 0 aliphatic rings. The second-order valence-electron chi connectivity index (χ2n) is 4.73. The summed E-state index contributed by atoms with van der Waals surface area (Å²) in [5.74, 6) is -0.256. The zero-order valence-corrected chi connectivity index (χ0v) is 13.1. The van der Waals surface area contributed by atoms with Gasteiger partial charge in [-0.25, -0.2) is 13.2 Å². The van der Waals surface area contributed by atoms with Crippen LogP contribution in [0.1, 0.15) is 12.6 Å². The quantitative estimate of drug-likeness (QED) is 0.627. The first-order chi connectivity index (χ1) is 10.7. The molecule has 0 radical (unpaired) electrons. The van der Waals surface area contributed by atoms with Gasteiger partial charge in [-0.2, -0.15) is 0 Å². The van der Waals surface area contributed by atoms with Crippen LogP contribution in [0.25, 0.3) is 0 Å². The van der Waals surface area contributed by atoms with Crippen LogP contribution in [0.15, 0.2) is 38.8 Å². The fourth-order valence-electron chi connectivity index (χ4n) is 1.94. The van der Waals surface area contributed by atoms with E-state index in [2.05, 4.69) is 15.0 Å². The van der Waals surface area contributed by atoms with Gasteiger partial charge < -0.3 is 10.3 Å². The Hall–Kier alpha value is -2.88. The third kappa shape index (κ3) is 3.86. The summed E-state index contributed by atoms with van der Waals surface area (Å²) in [5.41, 5.74) is -1.16. The minimum absolute atomic E-state index is 0.0684. The number of benzene rings is 1. The number of sulfonamides is 1. The molecule has 1 amide bonds. The van der Waals surface area contributed by atoms with Crippen LogP contribution in [-0.2, 0) is 14.8 Å². The van der Waals surface area contributed by atoms with Gasteiger partial charge in [-0.1, -0.05) is 0 Å². The zero-order chi connectivity index (χ0) is 17.2. The Morgan fingerprint density at radius 3 is 2.13 bits per heavy atom. The summed E-state index contributed by atoms with van der Waals surface area (Å²) in [5, 5.41) is 2.54. The highest BCUT2D eigenvalue weighted by atomic mass is 32.2. The fraction of sp³-hybridized carbons (Fsp3) is 0.154. The van der Waals surface area contributed by atoms with Crippen molar-refractivity contribution < 1.29 is 13.2 Å². The summed E-state index contributed by atoms with van der Waals surface area (Å²) in [6.07, 6.45) is 0. The van der Waals surface area contributed by atoms with E-state index < -0.39 is 26.2 Å². The summed E-state index contributed by atoms with van der Waals surface area (Å²) < 4.78 is 26.8. The smallest absolute Gasteiger partial charge is 0.325 e. The molecule has 9 nitrogen and oxygen atoms in total. The minimum atomic E-state index is -4.18. The van der Waals surface area contributed by atoms with Crippen molar-refractivity contribution in [2.24, 2.45) is 0 Å². The van der Waals surface area contributed by atoms with Crippen LogP contribution in [0, 0.1) is 6.92 Å². The molecule has 1 aromatic heterocycles. The molecule has 2 rings (SSSR count). The lowest BCUT2D eigenvalue weighted by Crippen LogP contribution is -2.31. The van der Waals surface area contributed by atoms with Gasteiger partial charge >= 0.3 is 5.69 Å². The molecule has 0 saturated carbocycles. The molecule has 23 heavy (non-hydrogen) atoms. The lowest BCUT2D eigenvalue weighted by Gasteiger charge is -2.10. The third-order valence-corrected chi connectivity index (χ3v) is 4.33. The van der Waals surface area contributed by atoms with E-state index >= 15 is 0 Å². The normalized spacial score (nSPS) is 11.0. The van der Waals surface area contributed by atoms with E-state index in [1.165, 1.54) is 38.1 Å². The predicted molar refractivity (Wildman–Crippen MR) is 84.0 cm³/mol. The molecule has 0 fully saturated rings. The molecule has 1 heterocycles. The van der Waals surface area contributed by atoms with Crippen molar-refractivity contribution in [2.45, 2.75) is 18.7 Å². The Morgan fingerprint density at radius 1 is 1.04 bits per heavy atom. The van der Waals surface area contributed by atoms with Crippen LogP contribution < -0.4 is 21.3 Å². The van der Waals surface area contributed by atoms with Gasteiger partial charge in [0.05, 0.1) is 0 Å². The van der Waals surface area contributed by atoms with Crippen molar-refractivity contribution >= 4 is 27.3 Å². The molecule has 0 aliphatic carbocycles. The first-order valence-corrected chi connectivity index (χ1v) is 7.91. The summed E-state index contributed by atoms with van der Waals surface area (Å²) in [7, 11) is -4.18. The maximum Gasteiger partial charge on any atom is 0.325 e. The van der Waals surface area contributed by atoms with Crippen molar-refractivity contribution in [3.8, 4) is 0 Å². The van der Waals surface area contributed by atoms with Crippen molar-refractivity contribution in [3.63, 3.8) is 0 Å².